The van der Waals surface area contributed by atoms with Crippen LogP contribution < -0.4 is 5.11 Å². The van der Waals surface area contributed by atoms with Crippen LogP contribution in [0.15, 0.2) is 0 Å². The molecule has 0 N–H and O–H groups in total. The maximum atomic E-state index is 11.1. The van der Waals surface area contributed by atoms with Crippen LogP contribution in [0.1, 0.15) is 39.0 Å². The number of carbonyl (C=O) groups excluding carboxylic acids is 2. The minimum absolute atomic E-state index is 0.0671. The predicted octanol–water partition coefficient (Wildman–Crippen LogP) is 0.496. The molecule has 0 aliphatic heterocycles. The van der Waals surface area contributed by atoms with Gasteiger partial charge in [-0.25, -0.2) is 0 Å². The Hall–Kier alpha value is -1.06. The average Bonchev–Trinajstić information content (AvgIpc) is 2.16. The van der Waals surface area contributed by atoms with Crippen LogP contribution in [-0.2, 0) is 14.3 Å². The van der Waals surface area contributed by atoms with Gasteiger partial charge >= 0.3 is 5.97 Å². The fraction of sp³-hybridized carbons (Fsp3) is 0.800. The van der Waals surface area contributed by atoms with Gasteiger partial charge in [0.15, 0.2) is 0 Å². The number of aliphatic carboxylic acids is 1. The molecule has 1 unspecified atom stereocenters. The molecule has 0 heterocycles. The third-order valence-corrected chi connectivity index (χ3v) is 2.21. The maximum absolute atomic E-state index is 11.1. The van der Waals surface area contributed by atoms with E-state index in [1.54, 1.807) is 0 Å². The highest BCUT2D eigenvalue weighted by atomic mass is 16.5. The van der Waals surface area contributed by atoms with E-state index in [2.05, 4.69) is 4.74 Å². The van der Waals surface area contributed by atoms with Crippen LogP contribution in [0.3, 0.4) is 0 Å². The third kappa shape index (κ3) is 5.56. The number of rotatable bonds is 7. The van der Waals surface area contributed by atoms with E-state index in [9.17, 15) is 14.7 Å². The van der Waals surface area contributed by atoms with E-state index in [1.165, 1.54) is 7.11 Å². The van der Waals surface area contributed by atoms with Crippen LogP contribution in [0.5, 0.6) is 0 Å². The standard InChI is InChI=1S/C10H18O4/c1-3-8(10(13)14-2)6-4-5-7-9(11)12/h8H,3-7H2,1-2H3,(H,11,12)/p-1. The molecule has 0 aromatic rings. The number of unbranched alkanes of at least 4 members (excludes halogenated alkanes) is 1. The Balaban J connectivity index is 3.63. The van der Waals surface area contributed by atoms with Crippen molar-refractivity contribution in [3.63, 3.8) is 0 Å². The SMILES string of the molecule is CCC(CCCCC(=O)[O-])C(=O)OC. The van der Waals surface area contributed by atoms with Crippen LogP contribution in [0.2, 0.25) is 0 Å². The summed E-state index contributed by atoms with van der Waals surface area (Å²) >= 11 is 0. The van der Waals surface area contributed by atoms with Crippen molar-refractivity contribution < 1.29 is 19.4 Å². The summed E-state index contributed by atoms with van der Waals surface area (Å²) < 4.78 is 4.61. The number of hydrogen-bond acceptors (Lipinski definition) is 4. The second-order valence-corrected chi connectivity index (χ2v) is 3.25. The molecule has 0 aliphatic carbocycles. The molecule has 0 bridgehead atoms. The smallest absolute Gasteiger partial charge is 0.308 e. The van der Waals surface area contributed by atoms with Gasteiger partial charge in [0.2, 0.25) is 0 Å². The summed E-state index contributed by atoms with van der Waals surface area (Å²) in [4.78, 5) is 21.2. The van der Waals surface area contributed by atoms with Gasteiger partial charge in [-0.1, -0.05) is 13.3 Å². The average molecular weight is 201 g/mol. The van der Waals surface area contributed by atoms with E-state index >= 15 is 0 Å². The number of carboxylic acid groups (broad SMARTS) is 1. The lowest BCUT2D eigenvalue weighted by Crippen LogP contribution is -2.21. The van der Waals surface area contributed by atoms with E-state index in [-0.39, 0.29) is 18.3 Å². The van der Waals surface area contributed by atoms with Gasteiger partial charge in [0.05, 0.1) is 13.0 Å². The molecule has 0 spiro atoms. The van der Waals surface area contributed by atoms with Gasteiger partial charge in [-0.05, 0) is 25.7 Å². The first-order valence-electron chi connectivity index (χ1n) is 4.89. The van der Waals surface area contributed by atoms with Gasteiger partial charge in [-0.2, -0.15) is 0 Å². The monoisotopic (exact) mass is 201 g/mol. The largest absolute Gasteiger partial charge is 0.550 e. The Morgan fingerprint density at radius 1 is 1.36 bits per heavy atom. The lowest BCUT2D eigenvalue weighted by atomic mass is 9.99. The fourth-order valence-electron chi connectivity index (χ4n) is 1.32. The summed E-state index contributed by atoms with van der Waals surface area (Å²) in [7, 11) is 1.37. The number of ether oxygens (including phenoxy) is 1. The molecular weight excluding hydrogens is 184 g/mol. The van der Waals surface area contributed by atoms with Crippen molar-refractivity contribution in [3.8, 4) is 0 Å². The van der Waals surface area contributed by atoms with Crippen molar-refractivity contribution in [2.24, 2.45) is 5.92 Å². The van der Waals surface area contributed by atoms with Crippen molar-refractivity contribution in [3.05, 3.63) is 0 Å². The van der Waals surface area contributed by atoms with Crippen molar-refractivity contribution in [1.29, 1.82) is 0 Å². The minimum Gasteiger partial charge on any atom is -0.550 e. The first kappa shape index (κ1) is 12.9. The third-order valence-electron chi connectivity index (χ3n) is 2.21. The van der Waals surface area contributed by atoms with Gasteiger partial charge in [0.1, 0.15) is 0 Å². The Morgan fingerprint density at radius 2 is 2.00 bits per heavy atom. The predicted molar refractivity (Wildman–Crippen MR) is 49.3 cm³/mol. The molecule has 0 aromatic heterocycles. The number of carboxylic acids is 1. The molecule has 0 amide bonds. The van der Waals surface area contributed by atoms with Gasteiger partial charge in [-0.3, -0.25) is 4.79 Å². The highest BCUT2D eigenvalue weighted by Gasteiger charge is 2.15. The zero-order chi connectivity index (χ0) is 11.0. The van der Waals surface area contributed by atoms with E-state index in [0.29, 0.717) is 12.8 Å². The zero-order valence-corrected chi connectivity index (χ0v) is 8.75. The molecule has 0 aliphatic rings. The summed E-state index contributed by atoms with van der Waals surface area (Å²) in [5, 5.41) is 10.1. The zero-order valence-electron chi connectivity index (χ0n) is 8.75. The van der Waals surface area contributed by atoms with E-state index < -0.39 is 5.97 Å². The second kappa shape index (κ2) is 7.35. The van der Waals surface area contributed by atoms with Gasteiger partial charge < -0.3 is 14.6 Å². The molecule has 0 fully saturated rings. The Morgan fingerprint density at radius 3 is 2.43 bits per heavy atom. The van der Waals surface area contributed by atoms with Crippen LogP contribution in [0, 0.1) is 5.92 Å². The lowest BCUT2D eigenvalue weighted by molar-refractivity contribution is -0.305. The highest BCUT2D eigenvalue weighted by molar-refractivity contribution is 5.72. The number of carbonyl (C=O) groups is 2. The van der Waals surface area contributed by atoms with Crippen LogP contribution >= 0.6 is 0 Å². The Kier molecular flexibility index (Phi) is 6.80. The van der Waals surface area contributed by atoms with Crippen molar-refractivity contribution in [2.75, 3.05) is 7.11 Å². The van der Waals surface area contributed by atoms with Gasteiger partial charge in [-0.15, -0.1) is 0 Å². The molecule has 4 nitrogen and oxygen atoms in total. The molecular formula is C10H17O4-. The summed E-state index contributed by atoms with van der Waals surface area (Å²) in [6.07, 6.45) is 2.78. The lowest BCUT2D eigenvalue weighted by Gasteiger charge is -2.11. The molecule has 4 heteroatoms. The van der Waals surface area contributed by atoms with Crippen LogP contribution in [-0.4, -0.2) is 19.0 Å². The Labute approximate surface area is 84.3 Å². The summed E-state index contributed by atoms with van der Waals surface area (Å²) in [6.45, 7) is 1.92. The van der Waals surface area contributed by atoms with Crippen molar-refractivity contribution >= 4 is 11.9 Å². The van der Waals surface area contributed by atoms with Crippen LogP contribution in [0.4, 0.5) is 0 Å². The summed E-state index contributed by atoms with van der Waals surface area (Å²) in [5.74, 6) is -1.33. The van der Waals surface area contributed by atoms with Crippen molar-refractivity contribution in [2.45, 2.75) is 39.0 Å². The topological polar surface area (TPSA) is 66.4 Å². The molecule has 14 heavy (non-hydrogen) atoms. The molecule has 0 saturated carbocycles. The maximum Gasteiger partial charge on any atom is 0.308 e. The highest BCUT2D eigenvalue weighted by Crippen LogP contribution is 2.14. The van der Waals surface area contributed by atoms with E-state index in [4.69, 9.17) is 0 Å². The Bertz CT molecular complexity index is 189. The van der Waals surface area contributed by atoms with Gasteiger partial charge in [0, 0.05) is 5.97 Å². The van der Waals surface area contributed by atoms with E-state index in [0.717, 1.165) is 12.8 Å². The first-order chi connectivity index (χ1) is 6.61. The molecule has 82 valence electrons. The molecule has 1 atom stereocenters. The second-order valence-electron chi connectivity index (χ2n) is 3.25. The van der Waals surface area contributed by atoms with Crippen molar-refractivity contribution in [1.82, 2.24) is 0 Å². The van der Waals surface area contributed by atoms with E-state index in [1.807, 2.05) is 6.92 Å². The number of esters is 1. The summed E-state index contributed by atoms with van der Waals surface area (Å²) in [5.41, 5.74) is 0. The van der Waals surface area contributed by atoms with Gasteiger partial charge in [0.25, 0.3) is 0 Å². The first-order valence-corrected chi connectivity index (χ1v) is 4.89. The molecule has 0 rings (SSSR count). The molecule has 0 radical (unpaired) electrons. The fourth-order valence-corrected chi connectivity index (χ4v) is 1.32. The molecule has 0 saturated heterocycles. The molecule has 0 aromatic carbocycles. The summed E-state index contributed by atoms with van der Waals surface area (Å²) in [6, 6.07) is 0. The number of hydrogen-bond donors (Lipinski definition) is 0. The minimum atomic E-state index is -1.03. The number of methoxy groups -OCH3 is 1. The quantitative estimate of drug-likeness (QED) is 0.444. The van der Waals surface area contributed by atoms with Crippen LogP contribution in [0.25, 0.3) is 0 Å². The normalized spacial score (nSPS) is 12.1.